The molecule has 3 N–H and O–H groups in total. The summed E-state index contributed by atoms with van der Waals surface area (Å²) in [6, 6.07) is 0. The number of nitrogens with one attached hydrogen (secondary N) is 1. The molecule has 0 aliphatic carbocycles. The van der Waals surface area contributed by atoms with Crippen LogP contribution in [0, 0.1) is 0 Å². The molecule has 0 saturated heterocycles. The van der Waals surface area contributed by atoms with Crippen LogP contribution in [0.25, 0.3) is 0 Å². The molecule has 2 heterocycles. The van der Waals surface area contributed by atoms with Crippen LogP contribution in [-0.4, -0.2) is 27.0 Å². The molecule has 0 fully saturated rings. The maximum Gasteiger partial charge on any atom is 0.226 e. The maximum absolute atomic E-state index is 11.7. The van der Waals surface area contributed by atoms with Gasteiger partial charge in [-0.3, -0.25) is 4.79 Å². The minimum atomic E-state index is -0.000461. The predicted octanol–water partition coefficient (Wildman–Crippen LogP) is 0.547. The Hall–Kier alpha value is -1.73. The highest BCUT2D eigenvalue weighted by atomic mass is 32.1. The Bertz CT molecular complexity index is 508. The molecule has 0 bridgehead atoms. The molecule has 2 aromatic heterocycles. The van der Waals surface area contributed by atoms with Crippen molar-refractivity contribution in [2.45, 2.75) is 25.9 Å². The molecule has 19 heavy (non-hydrogen) atoms. The van der Waals surface area contributed by atoms with Gasteiger partial charge in [-0.05, 0) is 6.42 Å². The van der Waals surface area contributed by atoms with E-state index in [0.717, 1.165) is 23.7 Å². The molecule has 2 rings (SSSR count). The van der Waals surface area contributed by atoms with Crippen LogP contribution in [0.3, 0.4) is 0 Å². The summed E-state index contributed by atoms with van der Waals surface area (Å²) < 4.78 is 1.99. The SMILES string of the molecule is NCc1nc(CC(=O)NCCCn2ccnc2)cs1. The van der Waals surface area contributed by atoms with E-state index in [9.17, 15) is 4.79 Å². The number of aryl methyl sites for hydroxylation is 1. The zero-order valence-corrected chi connectivity index (χ0v) is 11.4. The summed E-state index contributed by atoms with van der Waals surface area (Å²) in [6.45, 7) is 1.94. The van der Waals surface area contributed by atoms with E-state index in [-0.39, 0.29) is 5.91 Å². The Morgan fingerprint density at radius 3 is 3.11 bits per heavy atom. The number of hydrogen-bond donors (Lipinski definition) is 2. The first-order chi connectivity index (χ1) is 9.28. The lowest BCUT2D eigenvalue weighted by atomic mass is 10.3. The van der Waals surface area contributed by atoms with Gasteiger partial charge in [0.1, 0.15) is 5.01 Å². The monoisotopic (exact) mass is 279 g/mol. The third-order valence-electron chi connectivity index (χ3n) is 2.59. The number of rotatable bonds is 7. The van der Waals surface area contributed by atoms with Crippen LogP contribution in [0.4, 0.5) is 0 Å². The molecule has 6 nitrogen and oxygen atoms in total. The van der Waals surface area contributed by atoms with Crippen molar-refractivity contribution < 1.29 is 4.79 Å². The molecule has 0 spiro atoms. The summed E-state index contributed by atoms with van der Waals surface area (Å²) in [5.41, 5.74) is 6.27. The van der Waals surface area contributed by atoms with E-state index in [2.05, 4.69) is 15.3 Å². The molecule has 0 saturated carbocycles. The maximum atomic E-state index is 11.7. The first-order valence-electron chi connectivity index (χ1n) is 6.13. The third-order valence-corrected chi connectivity index (χ3v) is 3.51. The largest absolute Gasteiger partial charge is 0.356 e. The van der Waals surface area contributed by atoms with Gasteiger partial charge in [0.15, 0.2) is 0 Å². The number of nitrogens with zero attached hydrogens (tertiary/aromatic N) is 3. The fourth-order valence-electron chi connectivity index (χ4n) is 1.66. The fourth-order valence-corrected chi connectivity index (χ4v) is 2.33. The van der Waals surface area contributed by atoms with Crippen LogP contribution < -0.4 is 11.1 Å². The number of nitrogens with two attached hydrogens (primary N) is 1. The predicted molar refractivity (Wildman–Crippen MR) is 73.6 cm³/mol. The molecule has 0 atom stereocenters. The van der Waals surface area contributed by atoms with Crippen molar-refractivity contribution in [1.29, 1.82) is 0 Å². The second-order valence-electron chi connectivity index (χ2n) is 4.12. The molecule has 0 aliphatic heterocycles. The van der Waals surface area contributed by atoms with Gasteiger partial charge >= 0.3 is 0 Å². The lowest BCUT2D eigenvalue weighted by molar-refractivity contribution is -0.120. The van der Waals surface area contributed by atoms with Gasteiger partial charge in [0.2, 0.25) is 5.91 Å². The van der Waals surface area contributed by atoms with Gasteiger partial charge in [-0.1, -0.05) is 0 Å². The van der Waals surface area contributed by atoms with Crippen molar-refractivity contribution in [3.8, 4) is 0 Å². The summed E-state index contributed by atoms with van der Waals surface area (Å²) in [6.07, 6.45) is 6.63. The summed E-state index contributed by atoms with van der Waals surface area (Å²) >= 11 is 1.49. The minimum Gasteiger partial charge on any atom is -0.356 e. The average molecular weight is 279 g/mol. The van der Waals surface area contributed by atoms with Crippen molar-refractivity contribution in [1.82, 2.24) is 19.9 Å². The van der Waals surface area contributed by atoms with Crippen LogP contribution in [0.2, 0.25) is 0 Å². The van der Waals surface area contributed by atoms with Gasteiger partial charge in [0.25, 0.3) is 0 Å². The summed E-state index contributed by atoms with van der Waals surface area (Å²) in [5.74, 6) is -0.000461. The zero-order valence-electron chi connectivity index (χ0n) is 10.6. The van der Waals surface area contributed by atoms with Crippen molar-refractivity contribution in [2.75, 3.05) is 6.54 Å². The minimum absolute atomic E-state index is 0.000461. The zero-order chi connectivity index (χ0) is 13.5. The van der Waals surface area contributed by atoms with Gasteiger partial charge in [0, 0.05) is 37.4 Å². The number of carbonyl (C=O) groups is 1. The molecule has 7 heteroatoms. The Labute approximate surface area is 115 Å². The number of amides is 1. The van der Waals surface area contributed by atoms with Crippen LogP contribution in [0.1, 0.15) is 17.1 Å². The van der Waals surface area contributed by atoms with E-state index in [1.165, 1.54) is 11.3 Å². The highest BCUT2D eigenvalue weighted by molar-refractivity contribution is 7.09. The number of carbonyl (C=O) groups excluding carboxylic acids is 1. The normalized spacial score (nSPS) is 10.6. The summed E-state index contributed by atoms with van der Waals surface area (Å²) in [5, 5.41) is 5.63. The van der Waals surface area contributed by atoms with Crippen LogP contribution in [0.15, 0.2) is 24.1 Å². The van der Waals surface area contributed by atoms with Gasteiger partial charge in [0.05, 0.1) is 18.4 Å². The molecule has 0 aliphatic rings. The standard InChI is InChI=1S/C12H17N5OS/c13-7-12-16-10(8-19-12)6-11(18)15-2-1-4-17-5-3-14-9-17/h3,5,8-9H,1-2,4,6-7,13H2,(H,15,18). The molecule has 1 amide bonds. The molecule has 2 aromatic rings. The molecule has 0 unspecified atom stereocenters. The van der Waals surface area contributed by atoms with Gasteiger partial charge in [-0.15, -0.1) is 11.3 Å². The van der Waals surface area contributed by atoms with E-state index >= 15 is 0 Å². The van der Waals surface area contributed by atoms with Crippen molar-refractivity contribution in [3.63, 3.8) is 0 Å². The Balaban J connectivity index is 1.64. The first kappa shape index (κ1) is 13.7. The molecular weight excluding hydrogens is 262 g/mol. The number of hydrogen-bond acceptors (Lipinski definition) is 5. The van der Waals surface area contributed by atoms with E-state index < -0.39 is 0 Å². The second kappa shape index (κ2) is 7.01. The van der Waals surface area contributed by atoms with E-state index in [1.807, 2.05) is 16.1 Å². The van der Waals surface area contributed by atoms with Crippen LogP contribution in [0.5, 0.6) is 0 Å². The molecule has 102 valence electrons. The fraction of sp³-hybridized carbons (Fsp3) is 0.417. The number of thiazole rings is 1. The van der Waals surface area contributed by atoms with E-state index in [1.54, 1.807) is 12.5 Å². The van der Waals surface area contributed by atoms with E-state index in [0.29, 0.717) is 19.5 Å². The number of aromatic nitrogens is 3. The Morgan fingerprint density at radius 2 is 2.42 bits per heavy atom. The quantitative estimate of drug-likeness (QED) is 0.725. The van der Waals surface area contributed by atoms with Crippen LogP contribution >= 0.6 is 11.3 Å². The molecule has 0 radical (unpaired) electrons. The lowest BCUT2D eigenvalue weighted by Gasteiger charge is -2.04. The van der Waals surface area contributed by atoms with Gasteiger partial charge < -0.3 is 15.6 Å². The van der Waals surface area contributed by atoms with Gasteiger partial charge in [-0.2, -0.15) is 0 Å². The van der Waals surface area contributed by atoms with Crippen LogP contribution in [-0.2, 0) is 24.3 Å². The average Bonchev–Trinajstić information content (AvgIpc) is 3.05. The summed E-state index contributed by atoms with van der Waals surface area (Å²) in [7, 11) is 0. The highest BCUT2D eigenvalue weighted by Gasteiger charge is 2.06. The van der Waals surface area contributed by atoms with Gasteiger partial charge in [-0.25, -0.2) is 9.97 Å². The smallest absolute Gasteiger partial charge is 0.226 e. The second-order valence-corrected chi connectivity index (χ2v) is 5.06. The van der Waals surface area contributed by atoms with E-state index in [4.69, 9.17) is 5.73 Å². The topological polar surface area (TPSA) is 85.8 Å². The Morgan fingerprint density at radius 1 is 1.53 bits per heavy atom. The molecular formula is C12H17N5OS. The highest BCUT2D eigenvalue weighted by Crippen LogP contribution is 2.09. The first-order valence-corrected chi connectivity index (χ1v) is 7.01. The Kier molecular flexibility index (Phi) is 5.05. The molecule has 0 aromatic carbocycles. The van der Waals surface area contributed by atoms with Crippen molar-refractivity contribution in [2.24, 2.45) is 5.73 Å². The van der Waals surface area contributed by atoms with Crippen molar-refractivity contribution in [3.05, 3.63) is 34.8 Å². The summed E-state index contributed by atoms with van der Waals surface area (Å²) in [4.78, 5) is 19.9. The third kappa shape index (κ3) is 4.46. The number of imidazole rings is 1. The lowest BCUT2D eigenvalue weighted by Crippen LogP contribution is -2.26. The van der Waals surface area contributed by atoms with Crippen molar-refractivity contribution >= 4 is 17.2 Å².